The minimum Gasteiger partial charge on any atom is -0.406 e. The number of urea groups is 1. The smallest absolute Gasteiger partial charge is 0.406 e. The Hall–Kier alpha value is -2.33. The van der Waals surface area contributed by atoms with Gasteiger partial charge in [0.1, 0.15) is 11.6 Å². The van der Waals surface area contributed by atoms with Crippen LogP contribution in [0.4, 0.5) is 33.7 Å². The molecule has 25 heavy (non-hydrogen) atoms. The quantitative estimate of drug-likeness (QED) is 0.629. The molecule has 0 aliphatic heterocycles. The summed E-state index contributed by atoms with van der Waals surface area (Å²) >= 11 is 3.01. The van der Waals surface area contributed by atoms with Crippen molar-refractivity contribution < 1.29 is 32.2 Å². The molecule has 2 amide bonds. The van der Waals surface area contributed by atoms with Crippen molar-refractivity contribution in [2.75, 3.05) is 10.6 Å². The lowest BCUT2D eigenvalue weighted by atomic mass is 10.2. The molecule has 0 saturated heterocycles. The summed E-state index contributed by atoms with van der Waals surface area (Å²) in [5.74, 6) is -1.16. The van der Waals surface area contributed by atoms with E-state index in [-0.39, 0.29) is 21.4 Å². The zero-order chi connectivity index (χ0) is 18.6. The minimum atomic E-state index is -4.88. The number of nitrogens with one attached hydrogen (secondary N) is 2. The highest BCUT2D eigenvalue weighted by Crippen LogP contribution is 2.29. The number of alkyl halides is 3. The van der Waals surface area contributed by atoms with Crippen molar-refractivity contribution in [3.8, 4) is 5.75 Å². The van der Waals surface area contributed by atoms with E-state index in [2.05, 4.69) is 31.3 Å². The molecule has 3 N–H and O–H groups in total. The first-order chi connectivity index (χ1) is 11.7. The monoisotopic (exact) mass is 422 g/mol. The predicted octanol–water partition coefficient (Wildman–Crippen LogP) is 4.62. The molecule has 5 nitrogen and oxygen atoms in total. The van der Waals surface area contributed by atoms with Crippen molar-refractivity contribution in [2.24, 2.45) is 0 Å². The number of halogens is 5. The van der Waals surface area contributed by atoms with E-state index >= 15 is 0 Å². The van der Waals surface area contributed by atoms with Crippen molar-refractivity contribution in [1.82, 2.24) is 0 Å². The molecular formula is C15H11BrF4N2O3. The first-order valence-electron chi connectivity index (χ1n) is 6.70. The highest BCUT2D eigenvalue weighted by molar-refractivity contribution is 9.10. The number of anilines is 2. The van der Waals surface area contributed by atoms with Gasteiger partial charge in [-0.15, -0.1) is 13.2 Å². The van der Waals surface area contributed by atoms with Gasteiger partial charge in [0.25, 0.3) is 0 Å². The summed E-state index contributed by atoms with van der Waals surface area (Å²) < 4.78 is 54.1. The summed E-state index contributed by atoms with van der Waals surface area (Å²) in [4.78, 5) is 12.0. The van der Waals surface area contributed by atoms with Crippen molar-refractivity contribution in [3.63, 3.8) is 0 Å². The van der Waals surface area contributed by atoms with Crippen LogP contribution in [0.5, 0.6) is 5.75 Å². The summed E-state index contributed by atoms with van der Waals surface area (Å²) in [5.41, 5.74) is 0.307. The Balaban J connectivity index is 2.14. The number of ether oxygens (including phenoxy) is 1. The number of benzene rings is 2. The fourth-order valence-corrected chi connectivity index (χ4v) is 2.39. The van der Waals surface area contributed by atoms with Crippen LogP contribution in [0.1, 0.15) is 5.56 Å². The molecule has 0 radical (unpaired) electrons. The molecule has 0 aromatic heterocycles. The summed E-state index contributed by atoms with van der Waals surface area (Å²) in [6.07, 6.45) is -4.88. The molecule has 0 saturated carbocycles. The van der Waals surface area contributed by atoms with Gasteiger partial charge in [-0.1, -0.05) is 22.0 Å². The van der Waals surface area contributed by atoms with Gasteiger partial charge in [0.2, 0.25) is 0 Å². The molecule has 0 heterocycles. The molecule has 134 valence electrons. The molecule has 0 bridgehead atoms. The van der Waals surface area contributed by atoms with Gasteiger partial charge >= 0.3 is 12.4 Å². The van der Waals surface area contributed by atoms with Crippen molar-refractivity contribution in [1.29, 1.82) is 0 Å². The lowest BCUT2D eigenvalue weighted by Crippen LogP contribution is -2.21. The first-order valence-corrected chi connectivity index (χ1v) is 7.49. The molecule has 2 aromatic rings. The average molecular weight is 423 g/mol. The van der Waals surface area contributed by atoms with E-state index in [0.29, 0.717) is 0 Å². The zero-order valence-corrected chi connectivity index (χ0v) is 13.9. The van der Waals surface area contributed by atoms with Gasteiger partial charge in [-0.3, -0.25) is 0 Å². The third kappa shape index (κ3) is 5.91. The van der Waals surface area contributed by atoms with Crippen LogP contribution in [-0.4, -0.2) is 17.5 Å². The van der Waals surface area contributed by atoms with E-state index in [0.717, 1.165) is 24.3 Å². The molecule has 0 unspecified atom stereocenters. The highest BCUT2D eigenvalue weighted by Gasteiger charge is 2.31. The number of aliphatic hydroxyl groups excluding tert-OH is 1. The molecule has 2 rings (SSSR count). The number of aliphatic hydroxyl groups is 1. The fraction of sp³-hybridized carbons (Fsp3) is 0.133. The lowest BCUT2D eigenvalue weighted by molar-refractivity contribution is -0.274. The van der Waals surface area contributed by atoms with Crippen LogP contribution in [0, 0.1) is 5.82 Å². The Morgan fingerprint density at radius 3 is 2.52 bits per heavy atom. The third-order valence-electron chi connectivity index (χ3n) is 2.85. The number of hydrogen-bond donors (Lipinski definition) is 3. The van der Waals surface area contributed by atoms with E-state index in [4.69, 9.17) is 5.11 Å². The normalized spacial score (nSPS) is 11.1. The van der Waals surface area contributed by atoms with Crippen LogP contribution in [0.2, 0.25) is 0 Å². The van der Waals surface area contributed by atoms with E-state index in [1.165, 1.54) is 12.1 Å². The van der Waals surface area contributed by atoms with E-state index in [1.807, 2.05) is 0 Å². The van der Waals surface area contributed by atoms with Crippen LogP contribution in [0.25, 0.3) is 0 Å². The van der Waals surface area contributed by atoms with Gasteiger partial charge in [-0.05, 0) is 24.3 Å². The number of rotatable bonds is 4. The topological polar surface area (TPSA) is 70.6 Å². The second-order valence-electron chi connectivity index (χ2n) is 4.76. The maximum absolute atomic E-state index is 13.2. The molecule has 10 heteroatoms. The number of carbonyl (C=O) groups is 1. The SMILES string of the molecule is O=C(Nc1cc(Br)cc(OC(F)(F)F)c1)Nc1cc(F)ccc1CO. The van der Waals surface area contributed by atoms with Gasteiger partial charge in [0.15, 0.2) is 0 Å². The maximum Gasteiger partial charge on any atom is 0.573 e. The Morgan fingerprint density at radius 1 is 1.16 bits per heavy atom. The zero-order valence-electron chi connectivity index (χ0n) is 12.3. The van der Waals surface area contributed by atoms with Gasteiger partial charge in [-0.25, -0.2) is 9.18 Å². The molecule has 0 spiro atoms. The van der Waals surface area contributed by atoms with Gasteiger partial charge in [-0.2, -0.15) is 0 Å². The number of hydrogen-bond acceptors (Lipinski definition) is 3. The largest absolute Gasteiger partial charge is 0.573 e. The van der Waals surface area contributed by atoms with E-state index in [1.54, 1.807) is 0 Å². The molecule has 0 fully saturated rings. The third-order valence-corrected chi connectivity index (χ3v) is 3.31. The first kappa shape index (κ1) is 19.0. The Labute approximate surface area is 147 Å². The molecule has 0 aliphatic carbocycles. The average Bonchev–Trinajstić information content (AvgIpc) is 2.44. The Bertz CT molecular complexity index is 784. The summed E-state index contributed by atoms with van der Waals surface area (Å²) in [5, 5.41) is 13.8. The second kappa shape index (κ2) is 7.70. The summed E-state index contributed by atoms with van der Waals surface area (Å²) in [6, 6.07) is 5.97. The molecular weight excluding hydrogens is 412 g/mol. The molecule has 2 aromatic carbocycles. The Kier molecular flexibility index (Phi) is 5.85. The van der Waals surface area contributed by atoms with Gasteiger partial charge in [0.05, 0.1) is 12.3 Å². The Morgan fingerprint density at radius 2 is 1.88 bits per heavy atom. The second-order valence-corrected chi connectivity index (χ2v) is 5.68. The standard InChI is InChI=1S/C15H11BrF4N2O3/c16-9-3-11(6-12(4-9)25-15(18,19)20)21-14(24)22-13-5-10(17)2-1-8(13)7-23/h1-6,23H,7H2,(H2,21,22,24). The van der Waals surface area contributed by atoms with Crippen LogP contribution >= 0.6 is 15.9 Å². The van der Waals surface area contributed by atoms with Crippen LogP contribution < -0.4 is 15.4 Å². The minimum absolute atomic E-state index is 0.00748. The van der Waals surface area contributed by atoms with E-state index < -0.39 is 30.6 Å². The number of amides is 2. The summed E-state index contributed by atoms with van der Waals surface area (Å²) in [7, 11) is 0. The van der Waals surface area contributed by atoms with Gasteiger partial charge < -0.3 is 20.5 Å². The lowest BCUT2D eigenvalue weighted by Gasteiger charge is -2.13. The number of carbonyl (C=O) groups excluding carboxylic acids is 1. The van der Waals surface area contributed by atoms with Crippen molar-refractivity contribution in [3.05, 3.63) is 52.3 Å². The molecule has 0 aliphatic rings. The van der Waals surface area contributed by atoms with Crippen LogP contribution in [0.3, 0.4) is 0 Å². The van der Waals surface area contributed by atoms with E-state index in [9.17, 15) is 22.4 Å². The van der Waals surface area contributed by atoms with Crippen LogP contribution in [-0.2, 0) is 6.61 Å². The highest BCUT2D eigenvalue weighted by atomic mass is 79.9. The summed E-state index contributed by atoms with van der Waals surface area (Å²) in [6.45, 7) is -0.434. The van der Waals surface area contributed by atoms with Crippen LogP contribution in [0.15, 0.2) is 40.9 Å². The maximum atomic E-state index is 13.2. The molecule has 0 atom stereocenters. The van der Waals surface area contributed by atoms with Crippen molar-refractivity contribution >= 4 is 33.3 Å². The van der Waals surface area contributed by atoms with Crippen molar-refractivity contribution in [2.45, 2.75) is 13.0 Å². The predicted molar refractivity (Wildman–Crippen MR) is 85.8 cm³/mol. The van der Waals surface area contributed by atoms with Gasteiger partial charge in [0, 0.05) is 21.8 Å². The fourth-order valence-electron chi connectivity index (χ4n) is 1.92.